The van der Waals surface area contributed by atoms with E-state index in [0.717, 1.165) is 23.4 Å². The normalized spacial score (nSPS) is 24.1. The number of rotatable bonds is 6. The van der Waals surface area contributed by atoms with Crippen LogP contribution in [0.2, 0.25) is 0 Å². The van der Waals surface area contributed by atoms with E-state index in [1.807, 2.05) is 24.4 Å². The molecule has 1 aliphatic carbocycles. The molecule has 1 saturated carbocycles. The highest BCUT2D eigenvalue weighted by molar-refractivity contribution is 6.00. The number of nitrogens with one attached hydrogen (secondary N) is 2. The molecule has 2 fully saturated rings. The first kappa shape index (κ1) is 22.0. The molecule has 11 nitrogen and oxygen atoms in total. The van der Waals surface area contributed by atoms with Crippen molar-refractivity contribution < 1.29 is 19.4 Å². The van der Waals surface area contributed by atoms with Crippen LogP contribution in [0, 0.1) is 0 Å². The van der Waals surface area contributed by atoms with E-state index in [9.17, 15) is 9.90 Å². The molecule has 4 atom stereocenters. The Morgan fingerprint density at radius 3 is 2.89 bits per heavy atom. The van der Waals surface area contributed by atoms with E-state index < -0.39 is 6.10 Å². The number of carbonyl (C=O) groups is 1. The number of methoxy groups -OCH3 is 1. The van der Waals surface area contributed by atoms with Gasteiger partial charge in [0.25, 0.3) is 5.91 Å². The Balaban J connectivity index is 1.40. The molecule has 0 spiro atoms. The Morgan fingerprint density at radius 1 is 1.26 bits per heavy atom. The van der Waals surface area contributed by atoms with Crippen LogP contribution in [0.3, 0.4) is 0 Å². The van der Waals surface area contributed by atoms with Gasteiger partial charge in [-0.15, -0.1) is 0 Å². The van der Waals surface area contributed by atoms with Crippen LogP contribution in [0.5, 0.6) is 0 Å². The average Bonchev–Trinajstić information content (AvgIpc) is 3.63. The number of aromatic nitrogens is 5. The number of amides is 1. The molecule has 3 N–H and O–H groups in total. The van der Waals surface area contributed by atoms with Gasteiger partial charge in [0.15, 0.2) is 5.65 Å². The van der Waals surface area contributed by atoms with Crippen LogP contribution in [0.15, 0.2) is 36.8 Å². The first-order chi connectivity index (χ1) is 17.1. The lowest BCUT2D eigenvalue weighted by atomic mass is 9.89. The van der Waals surface area contributed by atoms with Crippen LogP contribution in [0.25, 0.3) is 28.3 Å². The van der Waals surface area contributed by atoms with Crippen molar-refractivity contribution in [2.75, 3.05) is 32.7 Å². The number of hydrogen-bond donors (Lipinski definition) is 3. The summed E-state index contributed by atoms with van der Waals surface area (Å²) in [7, 11) is 3.49. The molecule has 0 bridgehead atoms. The number of pyridine rings is 1. The fourth-order valence-electron chi connectivity index (χ4n) is 4.87. The van der Waals surface area contributed by atoms with Gasteiger partial charge in [-0.05, 0) is 25.0 Å². The van der Waals surface area contributed by atoms with Crippen molar-refractivity contribution >= 4 is 17.4 Å². The number of fused-ring (bicyclic) bond motifs is 2. The van der Waals surface area contributed by atoms with E-state index in [4.69, 9.17) is 19.4 Å². The highest BCUT2D eigenvalue weighted by Gasteiger charge is 2.33. The second kappa shape index (κ2) is 8.59. The lowest BCUT2D eigenvalue weighted by molar-refractivity contribution is 0.0448. The molecule has 2 unspecified atom stereocenters. The Kier molecular flexibility index (Phi) is 5.39. The number of ether oxygens (including phenoxy) is 2. The predicted octanol–water partition coefficient (Wildman–Crippen LogP) is 1.58. The van der Waals surface area contributed by atoms with Crippen molar-refractivity contribution in [1.82, 2.24) is 29.5 Å². The van der Waals surface area contributed by atoms with Crippen molar-refractivity contribution in [1.29, 1.82) is 0 Å². The summed E-state index contributed by atoms with van der Waals surface area (Å²) in [5, 5.41) is 20.3. The summed E-state index contributed by atoms with van der Waals surface area (Å²) in [4.78, 5) is 22.5. The molecule has 11 heteroatoms. The molecule has 0 radical (unpaired) electrons. The summed E-state index contributed by atoms with van der Waals surface area (Å²) < 4.78 is 15.0. The van der Waals surface area contributed by atoms with Gasteiger partial charge in [0.2, 0.25) is 0 Å². The molecular weight excluding hydrogens is 450 g/mol. The molecule has 0 aromatic carbocycles. The predicted molar refractivity (Wildman–Crippen MR) is 128 cm³/mol. The molecule has 2 aromatic heterocycles. The van der Waals surface area contributed by atoms with Gasteiger partial charge in [-0.2, -0.15) is 9.61 Å². The van der Waals surface area contributed by atoms with Crippen molar-refractivity contribution in [3.63, 3.8) is 0 Å². The molecule has 4 aliphatic rings. The third-order valence-electron chi connectivity index (χ3n) is 7.06. The van der Waals surface area contributed by atoms with Gasteiger partial charge in [-0.25, -0.2) is 9.97 Å². The minimum atomic E-state index is -0.506. The quantitative estimate of drug-likeness (QED) is 0.382. The zero-order chi connectivity index (χ0) is 24.1. The lowest BCUT2D eigenvalue weighted by Crippen LogP contribution is -2.50. The Morgan fingerprint density at radius 2 is 2.14 bits per heavy atom. The van der Waals surface area contributed by atoms with Gasteiger partial charge in [-0.1, -0.05) is 0 Å². The molecule has 182 valence electrons. The van der Waals surface area contributed by atoms with E-state index in [1.165, 1.54) is 6.20 Å². The second-order valence-electron chi connectivity index (χ2n) is 9.00. The standard InChI is InChI=1S/C24H27N7O4/c1-25-21-8-17(28-23-15(10-27-31(21)23)24(33)29-16-5-6-19(16)32)14-9-26-22-13(14)4-3-7-30(22)18-11-35-12-20(18)34-2/h3-4,7-10,16,18-20,25,32H,5-6,11-12H2,1-2H3,(H,29,33)/t16?,18-,19?,20-/m1/s1. The molecule has 6 rings (SSSR count). The first-order valence-electron chi connectivity index (χ1n) is 11.7. The van der Waals surface area contributed by atoms with Gasteiger partial charge in [0, 0.05) is 43.7 Å². The zero-order valence-corrected chi connectivity index (χ0v) is 19.5. The van der Waals surface area contributed by atoms with Crippen LogP contribution in [0.1, 0.15) is 29.2 Å². The third kappa shape index (κ3) is 3.54. The molecule has 1 amide bonds. The third-order valence-corrected chi connectivity index (χ3v) is 7.06. The van der Waals surface area contributed by atoms with Gasteiger partial charge >= 0.3 is 0 Å². The van der Waals surface area contributed by atoms with Crippen molar-refractivity contribution in [3.05, 3.63) is 42.4 Å². The summed E-state index contributed by atoms with van der Waals surface area (Å²) in [5.41, 5.74) is 3.25. The molecule has 35 heavy (non-hydrogen) atoms. The van der Waals surface area contributed by atoms with Crippen molar-refractivity contribution in [3.8, 4) is 22.6 Å². The Hall–Kier alpha value is -3.54. The topological polar surface area (TPSA) is 128 Å². The average molecular weight is 478 g/mol. The minimum Gasteiger partial charge on any atom is -0.391 e. The largest absolute Gasteiger partial charge is 0.391 e. The van der Waals surface area contributed by atoms with Crippen LogP contribution < -0.4 is 10.6 Å². The highest BCUT2D eigenvalue weighted by atomic mass is 16.5. The Bertz CT molecular complexity index is 1370. The first-order valence-corrected chi connectivity index (χ1v) is 11.7. The van der Waals surface area contributed by atoms with Crippen LogP contribution in [-0.2, 0) is 9.47 Å². The van der Waals surface area contributed by atoms with Crippen LogP contribution >= 0.6 is 0 Å². The summed E-state index contributed by atoms with van der Waals surface area (Å²) in [5.74, 6) is 1.21. The highest BCUT2D eigenvalue weighted by Crippen LogP contribution is 2.36. The van der Waals surface area contributed by atoms with Crippen molar-refractivity contribution in [2.24, 2.45) is 0 Å². The van der Waals surface area contributed by atoms with Crippen LogP contribution in [-0.4, -0.2) is 80.8 Å². The monoisotopic (exact) mass is 477 g/mol. The number of carbonyl (C=O) groups excluding carboxylic acids is 1. The summed E-state index contributed by atoms with van der Waals surface area (Å²) in [6.07, 6.45) is 6.21. The second-order valence-corrected chi connectivity index (χ2v) is 9.00. The molecule has 3 aliphatic heterocycles. The summed E-state index contributed by atoms with van der Waals surface area (Å²) in [6.45, 7) is 1.11. The van der Waals surface area contributed by atoms with Gasteiger partial charge in [0.05, 0.1) is 43.3 Å². The minimum absolute atomic E-state index is 0.0294. The number of nitrogens with zero attached hydrogens (tertiary/aromatic N) is 5. The smallest absolute Gasteiger partial charge is 0.257 e. The SMILES string of the molecule is CNc1cc(-c2cnc3n([C@@H]4COC[C@H]4OC)cccc2-3)nc2c(C(=O)NC3CCC3O)cnn12. The fraction of sp³-hybridized carbons (Fsp3) is 0.417. The van der Waals surface area contributed by atoms with Crippen LogP contribution in [0.4, 0.5) is 5.82 Å². The maximum atomic E-state index is 13.0. The lowest BCUT2D eigenvalue weighted by Gasteiger charge is -2.32. The van der Waals surface area contributed by atoms with E-state index >= 15 is 0 Å². The van der Waals surface area contributed by atoms with Gasteiger partial charge in [0.1, 0.15) is 23.3 Å². The molecular formula is C24H27N7O4. The fourth-order valence-corrected chi connectivity index (χ4v) is 4.87. The van der Waals surface area contributed by atoms with E-state index in [1.54, 1.807) is 24.9 Å². The summed E-state index contributed by atoms with van der Waals surface area (Å²) in [6, 6.07) is 5.68. The van der Waals surface area contributed by atoms with E-state index in [2.05, 4.69) is 20.3 Å². The molecule has 2 aromatic rings. The Labute approximate surface area is 201 Å². The van der Waals surface area contributed by atoms with Gasteiger partial charge < -0.3 is 29.8 Å². The maximum Gasteiger partial charge on any atom is 0.257 e. The van der Waals surface area contributed by atoms with Crippen molar-refractivity contribution in [2.45, 2.75) is 37.1 Å². The zero-order valence-electron chi connectivity index (χ0n) is 19.5. The maximum absolute atomic E-state index is 13.0. The number of hydrogen-bond acceptors (Lipinski definition) is 8. The number of aliphatic hydroxyl groups excluding tert-OH is 1. The number of aliphatic hydroxyl groups is 1. The van der Waals surface area contributed by atoms with E-state index in [-0.39, 0.29) is 24.1 Å². The summed E-state index contributed by atoms with van der Waals surface area (Å²) >= 11 is 0. The number of anilines is 1. The molecule has 5 heterocycles. The van der Waals surface area contributed by atoms with E-state index in [0.29, 0.717) is 42.4 Å². The molecule has 1 saturated heterocycles. The van der Waals surface area contributed by atoms with Gasteiger partial charge in [-0.3, -0.25) is 4.79 Å².